The zero-order valence-electron chi connectivity index (χ0n) is 12.0. The number of nitrogens with one attached hydrogen (secondary N) is 1. The van der Waals surface area contributed by atoms with Crippen LogP contribution in [0.4, 0.5) is 4.39 Å². The lowest BCUT2D eigenvalue weighted by Gasteiger charge is -2.25. The van der Waals surface area contributed by atoms with Crippen LogP contribution >= 0.6 is 0 Å². The van der Waals surface area contributed by atoms with E-state index in [0.717, 1.165) is 18.4 Å². The van der Waals surface area contributed by atoms with E-state index >= 15 is 0 Å². The number of nitrogens with zero attached hydrogens (tertiary/aromatic N) is 1. The van der Waals surface area contributed by atoms with Gasteiger partial charge in [-0.15, -0.1) is 0 Å². The summed E-state index contributed by atoms with van der Waals surface area (Å²) in [7, 11) is 0. The van der Waals surface area contributed by atoms with Gasteiger partial charge in [0.1, 0.15) is 5.82 Å². The molecule has 1 aromatic heterocycles. The van der Waals surface area contributed by atoms with Crippen LogP contribution in [0.5, 0.6) is 0 Å². The van der Waals surface area contributed by atoms with Crippen molar-refractivity contribution in [3.05, 3.63) is 65.7 Å². The number of benzene rings is 1. The van der Waals surface area contributed by atoms with Gasteiger partial charge >= 0.3 is 0 Å². The highest BCUT2D eigenvalue weighted by atomic mass is 19.1. The third-order valence-electron chi connectivity index (χ3n) is 3.60. The summed E-state index contributed by atoms with van der Waals surface area (Å²) in [6, 6.07) is 11.4. The molecule has 0 saturated carbocycles. The molecule has 0 amide bonds. The van der Waals surface area contributed by atoms with E-state index in [9.17, 15) is 4.39 Å². The van der Waals surface area contributed by atoms with Crippen molar-refractivity contribution >= 4 is 0 Å². The molecule has 0 aliphatic heterocycles. The average Bonchev–Trinajstić information content (AvgIpc) is 2.51. The smallest absolute Gasteiger partial charge is 0.123 e. The van der Waals surface area contributed by atoms with E-state index in [1.54, 1.807) is 0 Å². The summed E-state index contributed by atoms with van der Waals surface area (Å²) >= 11 is 0. The third-order valence-corrected chi connectivity index (χ3v) is 3.60. The Hall–Kier alpha value is -1.74. The normalized spacial score (nSPS) is 13.9. The van der Waals surface area contributed by atoms with Crippen LogP contribution in [0.15, 0.2) is 48.8 Å². The van der Waals surface area contributed by atoms with Crippen LogP contribution in [-0.2, 0) is 0 Å². The molecule has 1 heterocycles. The minimum atomic E-state index is -0.190. The lowest BCUT2D eigenvalue weighted by Crippen LogP contribution is -2.25. The summed E-state index contributed by atoms with van der Waals surface area (Å²) in [4.78, 5) is 4.06. The first kappa shape index (κ1) is 14.7. The molecule has 2 rings (SSSR count). The Labute approximate surface area is 120 Å². The van der Waals surface area contributed by atoms with E-state index in [-0.39, 0.29) is 17.9 Å². The summed E-state index contributed by atoms with van der Waals surface area (Å²) in [5.74, 6) is -0.190. The van der Waals surface area contributed by atoms with E-state index < -0.39 is 0 Å². The Morgan fingerprint density at radius 1 is 0.900 bits per heavy atom. The van der Waals surface area contributed by atoms with Crippen LogP contribution in [-0.4, -0.2) is 4.98 Å². The molecule has 0 spiro atoms. The van der Waals surface area contributed by atoms with E-state index in [1.165, 1.54) is 17.7 Å². The molecule has 0 saturated heterocycles. The lowest BCUT2D eigenvalue weighted by molar-refractivity contribution is 0.425. The molecule has 0 bridgehead atoms. The van der Waals surface area contributed by atoms with Crippen LogP contribution in [0.2, 0.25) is 0 Å². The van der Waals surface area contributed by atoms with Gasteiger partial charge in [-0.2, -0.15) is 0 Å². The maximum atomic E-state index is 13.0. The second kappa shape index (κ2) is 7.15. The number of hydrogen-bond donors (Lipinski definition) is 1. The van der Waals surface area contributed by atoms with Gasteiger partial charge in [-0.05, 0) is 48.2 Å². The number of rotatable bonds is 6. The molecule has 2 nitrogen and oxygen atoms in total. The van der Waals surface area contributed by atoms with Crippen LogP contribution in [0.1, 0.15) is 49.9 Å². The SMILES string of the molecule is CC[C@@H](N[C@H](CC)c1ccc(F)cc1)c1ccncc1. The molecular weight excluding hydrogens is 251 g/mol. The van der Waals surface area contributed by atoms with Crippen molar-refractivity contribution in [1.29, 1.82) is 0 Å². The Balaban J connectivity index is 2.14. The highest BCUT2D eigenvalue weighted by Crippen LogP contribution is 2.24. The zero-order chi connectivity index (χ0) is 14.4. The summed E-state index contributed by atoms with van der Waals surface area (Å²) in [6.07, 6.45) is 5.60. The van der Waals surface area contributed by atoms with E-state index in [0.29, 0.717) is 0 Å². The Morgan fingerprint density at radius 2 is 1.40 bits per heavy atom. The number of halogens is 1. The lowest BCUT2D eigenvalue weighted by atomic mass is 10.00. The van der Waals surface area contributed by atoms with Crippen molar-refractivity contribution in [2.24, 2.45) is 0 Å². The second-order valence-corrected chi connectivity index (χ2v) is 4.92. The topological polar surface area (TPSA) is 24.9 Å². The molecule has 0 aliphatic rings. The number of aromatic nitrogens is 1. The molecule has 20 heavy (non-hydrogen) atoms. The van der Waals surface area contributed by atoms with E-state index in [4.69, 9.17) is 0 Å². The van der Waals surface area contributed by atoms with Crippen molar-refractivity contribution in [3.8, 4) is 0 Å². The molecule has 1 aromatic carbocycles. The molecule has 0 aliphatic carbocycles. The van der Waals surface area contributed by atoms with Crippen molar-refractivity contribution in [3.63, 3.8) is 0 Å². The van der Waals surface area contributed by atoms with Gasteiger partial charge in [0.2, 0.25) is 0 Å². The fourth-order valence-electron chi connectivity index (χ4n) is 2.43. The predicted octanol–water partition coefficient (Wildman–Crippen LogP) is 4.41. The second-order valence-electron chi connectivity index (χ2n) is 4.92. The monoisotopic (exact) mass is 272 g/mol. The minimum absolute atomic E-state index is 0.190. The quantitative estimate of drug-likeness (QED) is 0.842. The van der Waals surface area contributed by atoms with Gasteiger partial charge in [-0.3, -0.25) is 4.98 Å². The maximum absolute atomic E-state index is 13.0. The Kier molecular flexibility index (Phi) is 5.24. The van der Waals surface area contributed by atoms with Crippen LogP contribution in [0.3, 0.4) is 0 Å². The van der Waals surface area contributed by atoms with Gasteiger partial charge in [0.15, 0.2) is 0 Å². The molecule has 0 fully saturated rings. The van der Waals surface area contributed by atoms with Crippen molar-refractivity contribution < 1.29 is 4.39 Å². The molecule has 106 valence electrons. The fourth-order valence-corrected chi connectivity index (χ4v) is 2.43. The molecule has 2 atom stereocenters. The first-order valence-electron chi connectivity index (χ1n) is 7.16. The summed E-state index contributed by atoms with van der Waals surface area (Å²) < 4.78 is 13.0. The summed E-state index contributed by atoms with van der Waals surface area (Å²) in [5, 5.41) is 3.66. The van der Waals surface area contributed by atoms with Gasteiger partial charge < -0.3 is 5.32 Å². The van der Waals surface area contributed by atoms with Gasteiger partial charge in [0.25, 0.3) is 0 Å². The largest absolute Gasteiger partial charge is 0.303 e. The van der Waals surface area contributed by atoms with Gasteiger partial charge in [-0.25, -0.2) is 4.39 Å². The summed E-state index contributed by atoms with van der Waals surface area (Å²) in [5.41, 5.74) is 2.37. The van der Waals surface area contributed by atoms with Crippen LogP contribution < -0.4 is 5.32 Å². The first-order valence-corrected chi connectivity index (χ1v) is 7.16. The predicted molar refractivity (Wildman–Crippen MR) is 79.8 cm³/mol. The maximum Gasteiger partial charge on any atom is 0.123 e. The molecular formula is C17H21FN2. The third kappa shape index (κ3) is 3.64. The minimum Gasteiger partial charge on any atom is -0.303 e. The number of pyridine rings is 1. The molecule has 2 aromatic rings. The van der Waals surface area contributed by atoms with E-state index in [2.05, 4.69) is 24.1 Å². The Bertz CT molecular complexity index is 510. The first-order chi connectivity index (χ1) is 9.74. The molecule has 1 N–H and O–H groups in total. The fraction of sp³-hybridized carbons (Fsp3) is 0.353. The van der Waals surface area contributed by atoms with Crippen molar-refractivity contribution in [2.75, 3.05) is 0 Å². The van der Waals surface area contributed by atoms with E-state index in [1.807, 2.05) is 36.7 Å². The standard InChI is InChI=1S/C17H21FN2/c1-3-16(13-5-7-15(18)8-6-13)20-17(4-2)14-9-11-19-12-10-14/h5-12,16-17,20H,3-4H2,1-2H3/t16-,17-/m1/s1. The van der Waals surface area contributed by atoms with Crippen molar-refractivity contribution in [2.45, 2.75) is 38.8 Å². The Morgan fingerprint density at radius 3 is 1.90 bits per heavy atom. The van der Waals surface area contributed by atoms with Gasteiger partial charge in [0.05, 0.1) is 0 Å². The summed E-state index contributed by atoms with van der Waals surface area (Å²) in [6.45, 7) is 4.30. The van der Waals surface area contributed by atoms with Gasteiger partial charge in [0, 0.05) is 24.5 Å². The molecule has 0 radical (unpaired) electrons. The molecule has 3 heteroatoms. The van der Waals surface area contributed by atoms with Crippen LogP contribution in [0.25, 0.3) is 0 Å². The van der Waals surface area contributed by atoms with Gasteiger partial charge in [-0.1, -0.05) is 26.0 Å². The van der Waals surface area contributed by atoms with Crippen molar-refractivity contribution in [1.82, 2.24) is 10.3 Å². The van der Waals surface area contributed by atoms with Crippen LogP contribution in [0, 0.1) is 5.82 Å². The highest BCUT2D eigenvalue weighted by Gasteiger charge is 2.15. The zero-order valence-corrected chi connectivity index (χ0v) is 12.0. The average molecular weight is 272 g/mol. The highest BCUT2D eigenvalue weighted by molar-refractivity contribution is 5.21. The molecule has 0 unspecified atom stereocenters. The number of hydrogen-bond acceptors (Lipinski definition) is 2.